The average molecular weight is 97.0 g/mol. The molecule has 0 aromatic rings. The number of nitrogens with zero attached hydrogens (tertiary/aromatic N) is 1. The molecule has 0 rings (SSSR count). The second kappa shape index (κ2) is 5.27. The van der Waals surface area contributed by atoms with Gasteiger partial charge < -0.3 is 10.4 Å². The van der Waals surface area contributed by atoms with E-state index in [4.69, 9.17) is 10.4 Å². The first-order chi connectivity index (χ1) is 2.27. The zero-order valence-electron chi connectivity index (χ0n) is 3.84. The Morgan fingerprint density at radius 3 is 1.67 bits per heavy atom. The van der Waals surface area contributed by atoms with Crippen molar-refractivity contribution >= 4 is 6.21 Å². The molecule has 0 amide bonds. The summed E-state index contributed by atoms with van der Waals surface area (Å²) in [5.74, 6) is 0. The van der Waals surface area contributed by atoms with Gasteiger partial charge >= 0.3 is 29.6 Å². The molecule has 6 heavy (non-hydrogen) atoms. The van der Waals surface area contributed by atoms with Gasteiger partial charge in [-0.15, -0.1) is 0 Å². The minimum absolute atomic E-state index is 0. The summed E-state index contributed by atoms with van der Waals surface area (Å²) in [7, 11) is 0. The van der Waals surface area contributed by atoms with Crippen molar-refractivity contribution in [3.63, 3.8) is 0 Å². The SMILES string of the molecule is CC=[N+]([O-])[O-].[Na+]. The van der Waals surface area contributed by atoms with Crippen molar-refractivity contribution < 1.29 is 34.5 Å². The van der Waals surface area contributed by atoms with Crippen LogP contribution in [-0.4, -0.2) is 11.1 Å². The maximum absolute atomic E-state index is 9.12. The Morgan fingerprint density at radius 2 is 1.67 bits per heavy atom. The molecule has 0 fully saturated rings. The molecule has 0 N–H and O–H groups in total. The van der Waals surface area contributed by atoms with Crippen molar-refractivity contribution in [3.05, 3.63) is 10.4 Å². The summed E-state index contributed by atoms with van der Waals surface area (Å²) in [6, 6.07) is 0. The molecule has 0 saturated carbocycles. The van der Waals surface area contributed by atoms with E-state index in [-0.39, 0.29) is 29.6 Å². The van der Waals surface area contributed by atoms with Crippen LogP contribution >= 0.6 is 0 Å². The Hall–Kier alpha value is 0.270. The molecule has 0 unspecified atom stereocenters. The van der Waals surface area contributed by atoms with Crippen LogP contribution in [0.4, 0.5) is 0 Å². The van der Waals surface area contributed by atoms with Gasteiger partial charge in [0, 0.05) is 6.92 Å². The molecule has 0 aliphatic heterocycles. The van der Waals surface area contributed by atoms with Gasteiger partial charge in [0.15, 0.2) is 6.21 Å². The Bertz CT molecular complexity index is 49.5. The van der Waals surface area contributed by atoms with Crippen molar-refractivity contribution in [2.75, 3.05) is 0 Å². The summed E-state index contributed by atoms with van der Waals surface area (Å²) in [4.78, 5) is -0.500. The maximum Gasteiger partial charge on any atom is 1.00 e. The van der Waals surface area contributed by atoms with E-state index in [1.807, 2.05) is 0 Å². The van der Waals surface area contributed by atoms with E-state index in [2.05, 4.69) is 0 Å². The molecule has 4 heteroatoms. The molecule has 0 heterocycles. The quantitative estimate of drug-likeness (QED) is 0.141. The summed E-state index contributed by atoms with van der Waals surface area (Å²) in [5.41, 5.74) is 0. The van der Waals surface area contributed by atoms with Crippen LogP contribution in [0, 0.1) is 10.4 Å². The van der Waals surface area contributed by atoms with E-state index >= 15 is 0 Å². The van der Waals surface area contributed by atoms with Gasteiger partial charge in [0.2, 0.25) is 0 Å². The van der Waals surface area contributed by atoms with Gasteiger partial charge in [-0.05, 0) is 0 Å². The van der Waals surface area contributed by atoms with Crippen LogP contribution in [0.15, 0.2) is 0 Å². The zero-order valence-corrected chi connectivity index (χ0v) is 5.84. The van der Waals surface area contributed by atoms with Crippen LogP contribution in [0.1, 0.15) is 6.92 Å². The summed E-state index contributed by atoms with van der Waals surface area (Å²) >= 11 is 0. The first kappa shape index (κ1) is 9.55. The van der Waals surface area contributed by atoms with Gasteiger partial charge in [0.05, 0.1) is 0 Å². The van der Waals surface area contributed by atoms with Crippen molar-refractivity contribution in [2.45, 2.75) is 6.92 Å². The molecule has 0 saturated heterocycles. The molecular weight excluding hydrogens is 93.0 g/mol. The maximum atomic E-state index is 9.12. The second-order valence-corrected chi connectivity index (χ2v) is 0.544. The number of hydrogen-bond acceptors (Lipinski definition) is 2. The van der Waals surface area contributed by atoms with Gasteiger partial charge in [-0.1, -0.05) is 0 Å². The minimum Gasteiger partial charge on any atom is -0.613 e. The summed E-state index contributed by atoms with van der Waals surface area (Å²) in [6.45, 7) is 1.38. The van der Waals surface area contributed by atoms with Crippen molar-refractivity contribution in [1.29, 1.82) is 0 Å². The summed E-state index contributed by atoms with van der Waals surface area (Å²) < 4.78 is 0. The van der Waals surface area contributed by atoms with E-state index < -0.39 is 4.90 Å². The third-order valence-electron chi connectivity index (χ3n) is 0.211. The standard InChI is InChI=1S/C2H4NO2.Na/c1-2-3(4)5;/h2H,1H3;/q-1;+1. The second-order valence-electron chi connectivity index (χ2n) is 0.544. The van der Waals surface area contributed by atoms with E-state index in [1.54, 1.807) is 0 Å². The summed E-state index contributed by atoms with van der Waals surface area (Å²) in [6.07, 6.45) is 0.889. The van der Waals surface area contributed by atoms with Crippen molar-refractivity contribution in [1.82, 2.24) is 0 Å². The fourth-order valence-corrected chi connectivity index (χ4v) is 0. The number of hydrogen-bond donors (Lipinski definition) is 0. The van der Waals surface area contributed by atoms with Gasteiger partial charge in [-0.3, -0.25) is 0 Å². The molecule has 0 spiro atoms. The van der Waals surface area contributed by atoms with Crippen LogP contribution < -0.4 is 29.6 Å². The topological polar surface area (TPSA) is 49.1 Å². The third-order valence-corrected chi connectivity index (χ3v) is 0.211. The molecule has 0 bridgehead atoms. The zero-order chi connectivity index (χ0) is 4.28. The Morgan fingerprint density at radius 1 is 1.50 bits per heavy atom. The molecule has 30 valence electrons. The predicted octanol–water partition coefficient (Wildman–Crippen LogP) is -2.91. The van der Waals surface area contributed by atoms with Crippen molar-refractivity contribution in [3.8, 4) is 0 Å². The molecular formula is C2H4NNaO2. The van der Waals surface area contributed by atoms with Crippen LogP contribution in [-0.2, 0) is 0 Å². The monoisotopic (exact) mass is 97.0 g/mol. The Labute approximate surface area is 58.1 Å². The van der Waals surface area contributed by atoms with Gasteiger partial charge in [-0.2, -0.15) is 4.90 Å². The third kappa shape index (κ3) is 8.86. The van der Waals surface area contributed by atoms with Crippen LogP contribution in [0.25, 0.3) is 0 Å². The first-order valence-electron chi connectivity index (χ1n) is 1.20. The molecule has 0 aliphatic carbocycles. The average Bonchev–Trinajstić information content (AvgIpc) is 1.38. The Kier molecular flexibility index (Phi) is 8.39. The van der Waals surface area contributed by atoms with Gasteiger partial charge in [0.25, 0.3) is 0 Å². The fourth-order valence-electron chi connectivity index (χ4n) is 0. The van der Waals surface area contributed by atoms with Gasteiger partial charge in [-0.25, -0.2) is 0 Å². The van der Waals surface area contributed by atoms with Crippen molar-refractivity contribution in [2.24, 2.45) is 0 Å². The van der Waals surface area contributed by atoms with E-state index in [0.29, 0.717) is 0 Å². The largest absolute Gasteiger partial charge is 1.00 e. The molecule has 0 aromatic carbocycles. The normalized spacial score (nSPS) is 5.50. The van der Waals surface area contributed by atoms with E-state index in [1.165, 1.54) is 6.92 Å². The van der Waals surface area contributed by atoms with Crippen LogP contribution in [0.3, 0.4) is 0 Å². The number of rotatable bonds is 0. The van der Waals surface area contributed by atoms with Crippen LogP contribution in [0.5, 0.6) is 0 Å². The molecule has 0 aliphatic rings. The van der Waals surface area contributed by atoms with Crippen LogP contribution in [0.2, 0.25) is 0 Å². The fraction of sp³-hybridized carbons (Fsp3) is 0.500. The minimum atomic E-state index is -0.500. The summed E-state index contributed by atoms with van der Waals surface area (Å²) in [5, 5.41) is 18.2. The molecule has 0 atom stereocenters. The predicted molar refractivity (Wildman–Crippen MR) is 18.7 cm³/mol. The first-order valence-corrected chi connectivity index (χ1v) is 1.20. The van der Waals surface area contributed by atoms with E-state index in [0.717, 1.165) is 6.21 Å². The smallest absolute Gasteiger partial charge is 0.613 e. The van der Waals surface area contributed by atoms with Gasteiger partial charge in [0.1, 0.15) is 0 Å². The molecule has 0 aromatic heterocycles. The van der Waals surface area contributed by atoms with E-state index in [9.17, 15) is 0 Å². The Balaban J connectivity index is 0. The molecule has 3 nitrogen and oxygen atoms in total. The molecule has 0 radical (unpaired) electrons.